The van der Waals surface area contributed by atoms with Crippen LogP contribution in [0.5, 0.6) is 0 Å². The second kappa shape index (κ2) is 5.69. The maximum absolute atomic E-state index is 12.7. The number of pyridine rings is 1. The Morgan fingerprint density at radius 2 is 1.91 bits per heavy atom. The van der Waals surface area contributed by atoms with E-state index < -0.39 is 9.73 Å². The van der Waals surface area contributed by atoms with Gasteiger partial charge in [0.2, 0.25) is 0 Å². The Bertz CT molecular complexity index is 893. The molecule has 0 amide bonds. The fourth-order valence-electron chi connectivity index (χ4n) is 1.96. The summed E-state index contributed by atoms with van der Waals surface area (Å²) in [5, 5.41) is 7.38. The van der Waals surface area contributed by atoms with Crippen LogP contribution in [0.3, 0.4) is 0 Å². The van der Waals surface area contributed by atoms with Crippen LogP contribution >= 0.6 is 0 Å². The maximum Gasteiger partial charge on any atom is 0.181 e. The van der Waals surface area contributed by atoms with Gasteiger partial charge < -0.3 is 0 Å². The first-order valence-corrected chi connectivity index (χ1v) is 8.59. The lowest BCUT2D eigenvalue weighted by molar-refractivity contribution is 0.678. The molecule has 3 aromatic rings. The van der Waals surface area contributed by atoms with Crippen LogP contribution in [-0.4, -0.2) is 30.6 Å². The Hall–Kier alpha value is -2.54. The number of aromatic nitrogens is 4. The molecule has 0 radical (unpaired) electrons. The number of hydrogen-bond acceptors (Lipinski definition) is 5. The predicted octanol–water partition coefficient (Wildman–Crippen LogP) is 2.96. The highest BCUT2D eigenvalue weighted by Crippen LogP contribution is 2.22. The van der Waals surface area contributed by atoms with E-state index in [4.69, 9.17) is 0 Å². The molecule has 0 spiro atoms. The van der Waals surface area contributed by atoms with Crippen LogP contribution in [0.15, 0.2) is 58.1 Å². The summed E-state index contributed by atoms with van der Waals surface area (Å²) in [6.45, 7) is 1.85. The predicted molar refractivity (Wildman–Crippen MR) is 85.2 cm³/mol. The molecule has 6 nitrogen and oxygen atoms in total. The molecular weight excluding hydrogens is 298 g/mol. The first-order chi connectivity index (χ1) is 10.5. The number of H-pyrrole nitrogens is 1. The molecule has 2 aromatic heterocycles. The van der Waals surface area contributed by atoms with Gasteiger partial charge in [-0.15, -0.1) is 0 Å². The molecule has 1 atom stereocenters. The summed E-state index contributed by atoms with van der Waals surface area (Å²) in [6.07, 6.45) is 3.20. The van der Waals surface area contributed by atoms with Crippen LogP contribution in [0.1, 0.15) is 5.82 Å². The van der Waals surface area contributed by atoms with E-state index in [1.54, 1.807) is 42.8 Å². The van der Waals surface area contributed by atoms with E-state index in [-0.39, 0.29) is 0 Å². The largest absolute Gasteiger partial charge is 0.263 e. The molecular formula is C15H15N5OS. The molecule has 1 unspecified atom stereocenters. The van der Waals surface area contributed by atoms with Gasteiger partial charge >= 0.3 is 0 Å². The summed E-state index contributed by atoms with van der Waals surface area (Å²) in [5.74, 6) is 1.39. The smallest absolute Gasteiger partial charge is 0.181 e. The minimum Gasteiger partial charge on any atom is -0.263 e. The summed E-state index contributed by atoms with van der Waals surface area (Å²) in [7, 11) is -2.56. The number of nitrogens with zero attached hydrogens (tertiary/aromatic N) is 4. The van der Waals surface area contributed by atoms with Gasteiger partial charge in [-0.1, -0.05) is 6.07 Å². The van der Waals surface area contributed by atoms with Crippen LogP contribution < -0.4 is 0 Å². The average Bonchev–Trinajstić information content (AvgIpc) is 2.95. The van der Waals surface area contributed by atoms with Crippen LogP contribution in [0.4, 0.5) is 5.69 Å². The SMILES string of the molecule is Cc1nc(-c2ccc(N=S(C)(=O)c3ccccn3)cc2)n[nH]1. The van der Waals surface area contributed by atoms with Crippen molar-refractivity contribution in [2.24, 2.45) is 4.36 Å². The number of rotatable bonds is 3. The van der Waals surface area contributed by atoms with Gasteiger partial charge in [0.15, 0.2) is 5.82 Å². The van der Waals surface area contributed by atoms with E-state index in [1.807, 2.05) is 19.1 Å². The van der Waals surface area contributed by atoms with Crippen LogP contribution in [0, 0.1) is 6.92 Å². The van der Waals surface area contributed by atoms with E-state index in [1.165, 1.54) is 0 Å². The lowest BCUT2D eigenvalue weighted by Gasteiger charge is -2.03. The second-order valence-corrected chi connectivity index (χ2v) is 7.06. The molecule has 2 heterocycles. The Kier molecular flexibility index (Phi) is 3.72. The van der Waals surface area contributed by atoms with Crippen molar-refractivity contribution in [3.63, 3.8) is 0 Å². The van der Waals surface area contributed by atoms with Gasteiger partial charge in [-0.2, -0.15) is 9.46 Å². The van der Waals surface area contributed by atoms with Crippen molar-refractivity contribution < 1.29 is 4.21 Å². The molecule has 0 aliphatic carbocycles. The van der Waals surface area contributed by atoms with Crippen molar-refractivity contribution in [3.05, 3.63) is 54.5 Å². The number of aryl methyl sites for hydroxylation is 1. The van der Waals surface area contributed by atoms with Crippen molar-refractivity contribution >= 4 is 15.4 Å². The van der Waals surface area contributed by atoms with Crippen molar-refractivity contribution in [1.29, 1.82) is 0 Å². The minimum atomic E-state index is -2.56. The number of nitrogens with one attached hydrogen (secondary N) is 1. The zero-order chi connectivity index (χ0) is 15.6. The lowest BCUT2D eigenvalue weighted by Crippen LogP contribution is -1.99. The quantitative estimate of drug-likeness (QED) is 0.805. The average molecular weight is 313 g/mol. The molecule has 1 N–H and O–H groups in total. The maximum atomic E-state index is 12.7. The Morgan fingerprint density at radius 1 is 1.14 bits per heavy atom. The second-order valence-electron chi connectivity index (χ2n) is 4.85. The van der Waals surface area contributed by atoms with Gasteiger partial charge in [0.1, 0.15) is 10.9 Å². The molecule has 1 aromatic carbocycles. The number of benzene rings is 1. The molecule has 0 aliphatic heterocycles. The van der Waals surface area contributed by atoms with Gasteiger partial charge in [-0.3, -0.25) is 5.10 Å². The van der Waals surface area contributed by atoms with Crippen LogP contribution in [-0.2, 0) is 9.73 Å². The molecule has 112 valence electrons. The third kappa shape index (κ3) is 3.04. The van der Waals surface area contributed by atoms with E-state index in [0.717, 1.165) is 11.4 Å². The Balaban J connectivity index is 1.93. The highest BCUT2D eigenvalue weighted by Gasteiger charge is 2.08. The zero-order valence-corrected chi connectivity index (χ0v) is 13.0. The molecule has 22 heavy (non-hydrogen) atoms. The minimum absolute atomic E-state index is 0.476. The van der Waals surface area contributed by atoms with Gasteiger partial charge in [-0.05, 0) is 43.3 Å². The molecule has 0 bridgehead atoms. The van der Waals surface area contributed by atoms with Gasteiger partial charge in [-0.25, -0.2) is 14.2 Å². The lowest BCUT2D eigenvalue weighted by atomic mass is 10.2. The summed E-state index contributed by atoms with van der Waals surface area (Å²) >= 11 is 0. The molecule has 0 aliphatic rings. The van der Waals surface area contributed by atoms with E-state index in [0.29, 0.717) is 16.5 Å². The normalized spacial score (nSPS) is 13.5. The van der Waals surface area contributed by atoms with E-state index >= 15 is 0 Å². The third-order valence-corrected chi connectivity index (χ3v) is 4.60. The topological polar surface area (TPSA) is 83.9 Å². The summed E-state index contributed by atoms with van der Waals surface area (Å²) in [4.78, 5) is 8.39. The fourth-order valence-corrected chi connectivity index (χ4v) is 3.17. The van der Waals surface area contributed by atoms with Crippen molar-refractivity contribution in [3.8, 4) is 11.4 Å². The zero-order valence-electron chi connectivity index (χ0n) is 12.2. The molecule has 0 saturated heterocycles. The summed E-state index contributed by atoms with van der Waals surface area (Å²) < 4.78 is 17.0. The highest BCUT2D eigenvalue weighted by atomic mass is 32.2. The summed E-state index contributed by atoms with van der Waals surface area (Å²) in [6, 6.07) is 12.6. The van der Waals surface area contributed by atoms with Crippen molar-refractivity contribution in [1.82, 2.24) is 20.2 Å². The first kappa shape index (κ1) is 14.4. The van der Waals surface area contributed by atoms with Crippen molar-refractivity contribution in [2.75, 3.05) is 6.26 Å². The number of hydrogen-bond donors (Lipinski definition) is 1. The van der Waals surface area contributed by atoms with Crippen molar-refractivity contribution in [2.45, 2.75) is 11.9 Å². The molecule has 0 fully saturated rings. The highest BCUT2D eigenvalue weighted by molar-refractivity contribution is 7.93. The fraction of sp³-hybridized carbons (Fsp3) is 0.133. The van der Waals surface area contributed by atoms with E-state index in [2.05, 4.69) is 24.5 Å². The monoisotopic (exact) mass is 313 g/mol. The van der Waals surface area contributed by atoms with Gasteiger partial charge in [0, 0.05) is 18.0 Å². The third-order valence-electron chi connectivity index (χ3n) is 3.03. The standard InChI is InChI=1S/C15H15N5OS/c1-11-17-15(19-18-11)12-6-8-13(9-7-12)20-22(2,21)14-5-3-4-10-16-14/h3-10H,1-2H3,(H,17,18,19). The van der Waals surface area contributed by atoms with Crippen LogP contribution in [0.2, 0.25) is 0 Å². The number of aromatic amines is 1. The van der Waals surface area contributed by atoms with Crippen LogP contribution in [0.25, 0.3) is 11.4 Å². The molecule has 3 rings (SSSR count). The van der Waals surface area contributed by atoms with E-state index in [9.17, 15) is 4.21 Å². The summed E-state index contributed by atoms with van der Waals surface area (Å²) in [5.41, 5.74) is 1.51. The first-order valence-electron chi connectivity index (χ1n) is 6.67. The van der Waals surface area contributed by atoms with Gasteiger partial charge in [0.25, 0.3) is 0 Å². The van der Waals surface area contributed by atoms with Gasteiger partial charge in [0.05, 0.1) is 15.4 Å². The Labute approximate surface area is 128 Å². The molecule has 7 heteroatoms. The Morgan fingerprint density at radius 3 is 2.50 bits per heavy atom. The molecule has 0 saturated carbocycles.